The molecule has 0 atom stereocenters. The van der Waals surface area contributed by atoms with Crippen molar-refractivity contribution in [2.24, 2.45) is 0 Å². The molecule has 0 saturated carbocycles. The van der Waals surface area contributed by atoms with Crippen LogP contribution < -0.4 is 0 Å². The van der Waals surface area contributed by atoms with Gasteiger partial charge in [0.25, 0.3) is 0 Å². The van der Waals surface area contributed by atoms with E-state index < -0.39 is 0 Å². The number of hydrogen-bond donors (Lipinski definition) is 0. The van der Waals surface area contributed by atoms with Crippen LogP contribution in [-0.4, -0.2) is 24.6 Å². The molecule has 34 heavy (non-hydrogen) atoms. The predicted octanol–water partition coefficient (Wildman–Crippen LogP) is 13.3. The third-order valence-electron chi connectivity index (χ3n) is 7.48. The van der Waals surface area contributed by atoms with Gasteiger partial charge in [-0.05, 0) is 50.3 Å². The zero-order valence-electron chi connectivity index (χ0n) is 24.7. The zero-order valence-corrected chi connectivity index (χ0v) is 26.5. The Morgan fingerprint density at radius 2 is 0.412 bits per heavy atom. The van der Waals surface area contributed by atoms with Gasteiger partial charge in [0, 0.05) is 0 Å². The Bertz CT molecular complexity index is 291. The van der Waals surface area contributed by atoms with Crippen LogP contribution in [0.5, 0.6) is 0 Å². The molecule has 0 unspecified atom stereocenters. The molecule has 0 aromatic carbocycles. The van der Waals surface area contributed by atoms with Gasteiger partial charge in [0.2, 0.25) is 0 Å². The zero-order chi connectivity index (χ0) is 25.0. The van der Waals surface area contributed by atoms with Gasteiger partial charge < -0.3 is 0 Å². The number of unbranched alkanes of at least 4 members (excludes halogenated alkanes) is 20. The Labute approximate surface area is 221 Å². The molecule has 0 aliphatic carbocycles. The van der Waals surface area contributed by atoms with E-state index in [1.807, 2.05) is 0 Å². The first-order valence-electron chi connectivity index (χ1n) is 16.3. The summed E-state index contributed by atoms with van der Waals surface area (Å²) in [4.78, 5) is 0. The molecular formula is C32H68P2. The van der Waals surface area contributed by atoms with Gasteiger partial charge in [-0.3, -0.25) is 0 Å². The summed E-state index contributed by atoms with van der Waals surface area (Å²) in [6, 6.07) is 0. The lowest BCUT2D eigenvalue weighted by Gasteiger charge is -2.29. The number of rotatable bonds is 29. The van der Waals surface area contributed by atoms with Gasteiger partial charge in [0.05, 0.1) is 0 Å². The van der Waals surface area contributed by atoms with Crippen molar-refractivity contribution in [3.63, 3.8) is 0 Å². The van der Waals surface area contributed by atoms with E-state index in [4.69, 9.17) is 0 Å². The summed E-state index contributed by atoms with van der Waals surface area (Å²) in [5.41, 5.74) is 0. The lowest BCUT2D eigenvalue weighted by atomic mass is 10.1. The van der Waals surface area contributed by atoms with Crippen LogP contribution in [-0.2, 0) is 0 Å². The Morgan fingerprint density at radius 3 is 0.618 bits per heavy atom. The molecule has 0 spiro atoms. The fourth-order valence-corrected chi connectivity index (χ4v) is 14.1. The molecule has 0 rings (SSSR count). The summed E-state index contributed by atoms with van der Waals surface area (Å²) in [6.07, 6.45) is 42.1. The van der Waals surface area contributed by atoms with Crippen molar-refractivity contribution >= 4 is 15.2 Å². The van der Waals surface area contributed by atoms with Gasteiger partial charge in [-0.2, -0.15) is 0 Å². The summed E-state index contributed by atoms with van der Waals surface area (Å²) < 4.78 is 0. The smallest absolute Gasteiger partial charge is 0.0287 e. The van der Waals surface area contributed by atoms with Crippen LogP contribution in [0.3, 0.4) is 0 Å². The second kappa shape index (κ2) is 30.1. The molecule has 0 nitrogen and oxygen atoms in total. The van der Waals surface area contributed by atoms with E-state index in [0.29, 0.717) is 15.2 Å². The van der Waals surface area contributed by atoms with E-state index in [-0.39, 0.29) is 0 Å². The first-order valence-corrected chi connectivity index (χ1v) is 20.4. The molecule has 0 N–H and O–H groups in total. The number of hydrogen-bond acceptors (Lipinski definition) is 0. The maximum Gasteiger partial charge on any atom is -0.0287 e. The van der Waals surface area contributed by atoms with Crippen LogP contribution in [0.4, 0.5) is 0 Å². The minimum Gasteiger partial charge on any atom is -0.0810 e. The molecule has 206 valence electrons. The molecule has 0 aliphatic heterocycles. The molecule has 0 aromatic rings. The van der Waals surface area contributed by atoms with Crippen molar-refractivity contribution in [3.8, 4) is 0 Å². The van der Waals surface area contributed by atoms with Gasteiger partial charge in [-0.25, -0.2) is 0 Å². The summed E-state index contributed by atoms with van der Waals surface area (Å²) in [7, 11) is 0.673. The quantitative estimate of drug-likeness (QED) is 0.0687. The lowest BCUT2D eigenvalue weighted by Crippen LogP contribution is -1.98. The highest BCUT2D eigenvalue weighted by atomic mass is 32.1. The summed E-state index contributed by atoms with van der Waals surface area (Å²) in [5, 5.41) is 0. The molecule has 0 aromatic heterocycles. The van der Waals surface area contributed by atoms with E-state index in [9.17, 15) is 0 Å². The van der Waals surface area contributed by atoms with Gasteiger partial charge in [0.15, 0.2) is 0 Å². The van der Waals surface area contributed by atoms with Crippen LogP contribution in [0.25, 0.3) is 0 Å². The molecule has 0 amide bonds. The monoisotopic (exact) mass is 514 g/mol. The third-order valence-corrected chi connectivity index (χ3v) is 16.4. The van der Waals surface area contributed by atoms with Crippen molar-refractivity contribution in [2.45, 2.75) is 182 Å². The molecular weight excluding hydrogens is 446 g/mol. The largest absolute Gasteiger partial charge is 0.0810 e. The maximum atomic E-state index is 2.34. The highest BCUT2D eigenvalue weighted by molar-refractivity contribution is 8.29. The Morgan fingerprint density at radius 1 is 0.235 bits per heavy atom. The molecule has 0 radical (unpaired) electrons. The van der Waals surface area contributed by atoms with Crippen molar-refractivity contribution in [2.75, 3.05) is 24.6 Å². The first kappa shape index (κ1) is 34.9. The molecule has 0 fully saturated rings. The molecule has 0 saturated heterocycles. The standard InChI is InChI=1S/C32H68P2/c1-5-9-13-17-21-25-29-33(30-26-22-18-14-10-6-2)34(31-27-23-19-15-11-7-3)32-28-24-20-16-12-8-4/h5-32H2,1-4H3. The average Bonchev–Trinajstić information content (AvgIpc) is 2.85. The predicted molar refractivity (Wildman–Crippen MR) is 167 cm³/mol. The molecule has 0 aliphatic rings. The first-order chi connectivity index (χ1) is 16.8. The van der Waals surface area contributed by atoms with Crippen LogP contribution >= 0.6 is 15.2 Å². The normalized spacial score (nSPS) is 11.8. The highest BCUT2D eigenvalue weighted by Gasteiger charge is 2.19. The van der Waals surface area contributed by atoms with Gasteiger partial charge in [-0.1, -0.05) is 171 Å². The van der Waals surface area contributed by atoms with E-state index in [0.717, 1.165) is 0 Å². The third kappa shape index (κ3) is 24.5. The maximum absolute atomic E-state index is 2.34. The topological polar surface area (TPSA) is 0 Å². The van der Waals surface area contributed by atoms with Crippen molar-refractivity contribution in [1.82, 2.24) is 0 Å². The van der Waals surface area contributed by atoms with Crippen molar-refractivity contribution in [3.05, 3.63) is 0 Å². The highest BCUT2D eigenvalue weighted by Crippen LogP contribution is 2.70. The second-order valence-corrected chi connectivity index (χ2v) is 18.2. The SMILES string of the molecule is CCCCCCCCP(CCCCCCCC)P(CCCCCCCC)CCCCCCCC. The van der Waals surface area contributed by atoms with Gasteiger partial charge >= 0.3 is 0 Å². The van der Waals surface area contributed by atoms with Crippen LogP contribution in [0.15, 0.2) is 0 Å². The fraction of sp³-hybridized carbons (Fsp3) is 1.00. The van der Waals surface area contributed by atoms with E-state index in [1.54, 1.807) is 50.3 Å². The molecule has 2 heteroatoms. The Balaban J connectivity index is 4.66. The summed E-state index contributed by atoms with van der Waals surface area (Å²) >= 11 is 0. The summed E-state index contributed by atoms with van der Waals surface area (Å²) in [6.45, 7) is 9.38. The average molecular weight is 515 g/mol. The van der Waals surface area contributed by atoms with Crippen LogP contribution in [0.2, 0.25) is 0 Å². The lowest BCUT2D eigenvalue weighted by molar-refractivity contribution is 0.621. The molecule has 0 bridgehead atoms. The molecule has 0 heterocycles. The van der Waals surface area contributed by atoms with Crippen LogP contribution in [0.1, 0.15) is 182 Å². The Hall–Kier alpha value is 0.860. The summed E-state index contributed by atoms with van der Waals surface area (Å²) in [5.74, 6) is 0. The van der Waals surface area contributed by atoms with Crippen molar-refractivity contribution < 1.29 is 0 Å². The Kier molecular flexibility index (Phi) is 30.8. The minimum absolute atomic E-state index is 0.337. The fourth-order valence-electron chi connectivity index (χ4n) is 5.09. The van der Waals surface area contributed by atoms with Crippen LogP contribution in [0, 0.1) is 0 Å². The van der Waals surface area contributed by atoms with Crippen molar-refractivity contribution in [1.29, 1.82) is 0 Å². The van der Waals surface area contributed by atoms with Gasteiger partial charge in [0.1, 0.15) is 0 Å². The second-order valence-electron chi connectivity index (χ2n) is 11.0. The van der Waals surface area contributed by atoms with E-state index >= 15 is 0 Å². The van der Waals surface area contributed by atoms with Gasteiger partial charge in [-0.15, -0.1) is 0 Å². The van der Waals surface area contributed by atoms with E-state index in [1.165, 1.54) is 128 Å². The minimum atomic E-state index is 0.337. The van der Waals surface area contributed by atoms with E-state index in [2.05, 4.69) is 27.7 Å².